The number of hydrogen-bond acceptors (Lipinski definition) is 2. The van der Waals surface area contributed by atoms with Crippen molar-refractivity contribution in [2.24, 2.45) is 0 Å². The predicted molar refractivity (Wildman–Crippen MR) is 126 cm³/mol. The molecule has 4 rings (SSSR count). The quantitative estimate of drug-likeness (QED) is 0.635. The van der Waals surface area contributed by atoms with E-state index in [1.54, 1.807) is 0 Å². The first-order valence-electron chi connectivity index (χ1n) is 10.6. The van der Waals surface area contributed by atoms with Crippen molar-refractivity contribution >= 4 is 34.4 Å². The van der Waals surface area contributed by atoms with Crippen molar-refractivity contribution in [2.45, 2.75) is 31.7 Å². The summed E-state index contributed by atoms with van der Waals surface area (Å²) < 4.78 is 2.39. The van der Waals surface area contributed by atoms with E-state index in [0.29, 0.717) is 0 Å². The van der Waals surface area contributed by atoms with Crippen molar-refractivity contribution in [3.05, 3.63) is 71.4 Å². The number of benzene rings is 2. The Bertz CT molecular complexity index is 994. The second-order valence-electron chi connectivity index (χ2n) is 7.40. The summed E-state index contributed by atoms with van der Waals surface area (Å²) in [6.45, 7) is 6.25. The van der Waals surface area contributed by atoms with E-state index in [0.717, 1.165) is 6.54 Å². The average molecular weight is 408 g/mol. The van der Waals surface area contributed by atoms with Crippen molar-refractivity contribution < 1.29 is 9.47 Å². The number of para-hydroxylation sites is 2. The van der Waals surface area contributed by atoms with Crippen LogP contribution in [0.5, 0.6) is 0 Å². The van der Waals surface area contributed by atoms with Gasteiger partial charge in [-0.25, -0.2) is 0 Å². The van der Waals surface area contributed by atoms with Crippen molar-refractivity contribution in [1.82, 2.24) is 0 Å². The molecule has 152 valence electrons. The van der Waals surface area contributed by atoms with Crippen LogP contribution in [-0.2, 0) is 6.54 Å². The molecule has 0 saturated carbocycles. The lowest BCUT2D eigenvalue weighted by Gasteiger charge is -2.13. The van der Waals surface area contributed by atoms with Crippen LogP contribution in [0.3, 0.4) is 0 Å². The van der Waals surface area contributed by atoms with Crippen LogP contribution in [0.25, 0.3) is 17.0 Å². The fourth-order valence-corrected chi connectivity index (χ4v) is 4.71. The molecule has 1 aliphatic heterocycles. The Morgan fingerprint density at radius 2 is 1.72 bits per heavy atom. The summed E-state index contributed by atoms with van der Waals surface area (Å²) in [6, 6.07) is 19.6. The van der Waals surface area contributed by atoms with Gasteiger partial charge in [0.2, 0.25) is 5.52 Å². The first-order valence-corrected chi connectivity index (χ1v) is 11.4. The van der Waals surface area contributed by atoms with Crippen LogP contribution < -0.4 is 14.4 Å². The Balaban J connectivity index is 0.00000117. The first kappa shape index (κ1) is 21.4. The zero-order chi connectivity index (χ0) is 20.8. The standard InChI is InChI=1S/C23H26N3S.C2H6/c1-24(2)14-8-15-26-16-13-18(19-9-4-5-10-20(19)26)17-23-25(3)21-11-6-7-12-22(21)27-23;1-2/h4-7,9-13,16-17H,8,14-15H2,1-3H3;1-2H3/q+1;/p+1. The largest absolute Gasteiger partial charge is 0.340 e. The van der Waals surface area contributed by atoms with Gasteiger partial charge in [-0.05, 0) is 29.8 Å². The Morgan fingerprint density at radius 3 is 2.48 bits per heavy atom. The summed E-state index contributed by atoms with van der Waals surface area (Å²) in [5.74, 6) is 0. The maximum absolute atomic E-state index is 2.39. The first-order chi connectivity index (χ1) is 14.1. The molecule has 0 radical (unpaired) electrons. The summed E-state index contributed by atoms with van der Waals surface area (Å²) in [4.78, 5) is 5.12. The normalized spacial score (nSPS) is 14.3. The van der Waals surface area contributed by atoms with Gasteiger partial charge in [0.05, 0.1) is 43.2 Å². The van der Waals surface area contributed by atoms with E-state index < -0.39 is 0 Å². The van der Waals surface area contributed by atoms with E-state index in [4.69, 9.17) is 0 Å². The molecule has 29 heavy (non-hydrogen) atoms. The van der Waals surface area contributed by atoms with Gasteiger partial charge >= 0.3 is 0 Å². The molecule has 2 heterocycles. The number of aromatic nitrogens is 1. The van der Waals surface area contributed by atoms with E-state index in [2.05, 4.69) is 97.5 Å². The number of rotatable bonds is 5. The SMILES string of the molecule is CC.CN1/C(=C/c2cc[n+](CCC[NH+](C)C)c3ccccc23)Sc2ccccc21. The Hall–Kier alpha value is -2.30. The molecule has 0 atom stereocenters. The smallest absolute Gasteiger partial charge is 0.213 e. The summed E-state index contributed by atoms with van der Waals surface area (Å²) >= 11 is 1.85. The second kappa shape index (κ2) is 9.95. The molecular formula is C25H33N3S+2. The van der Waals surface area contributed by atoms with E-state index in [1.807, 2.05) is 25.6 Å². The molecule has 0 amide bonds. The average Bonchev–Trinajstić information content (AvgIpc) is 3.06. The molecule has 4 heteroatoms. The molecule has 0 fully saturated rings. The predicted octanol–water partition coefficient (Wildman–Crippen LogP) is 4.23. The third-order valence-electron chi connectivity index (χ3n) is 5.09. The highest BCUT2D eigenvalue weighted by Gasteiger charge is 2.22. The highest BCUT2D eigenvalue weighted by molar-refractivity contribution is 8.03. The van der Waals surface area contributed by atoms with Crippen molar-refractivity contribution in [1.29, 1.82) is 0 Å². The fourth-order valence-electron chi connectivity index (χ4n) is 3.61. The number of quaternary nitrogens is 1. The maximum Gasteiger partial charge on any atom is 0.213 e. The van der Waals surface area contributed by atoms with Crippen LogP contribution in [0.15, 0.2) is 70.7 Å². The number of anilines is 1. The number of hydrogen-bond donors (Lipinski definition) is 1. The van der Waals surface area contributed by atoms with Crippen LogP contribution in [0.4, 0.5) is 5.69 Å². The molecule has 2 aromatic carbocycles. The molecule has 1 N–H and O–H groups in total. The zero-order valence-corrected chi connectivity index (χ0v) is 19.1. The second-order valence-corrected chi connectivity index (χ2v) is 8.47. The molecule has 3 aromatic rings. The van der Waals surface area contributed by atoms with Crippen LogP contribution in [0.1, 0.15) is 25.8 Å². The summed E-state index contributed by atoms with van der Waals surface area (Å²) in [7, 11) is 6.58. The molecule has 0 saturated heterocycles. The lowest BCUT2D eigenvalue weighted by Crippen LogP contribution is -3.05. The highest BCUT2D eigenvalue weighted by Crippen LogP contribution is 2.45. The maximum atomic E-state index is 2.39. The number of fused-ring (bicyclic) bond motifs is 2. The topological polar surface area (TPSA) is 11.6 Å². The van der Waals surface area contributed by atoms with Gasteiger partial charge in [-0.2, -0.15) is 4.57 Å². The van der Waals surface area contributed by atoms with Crippen molar-refractivity contribution in [3.8, 4) is 0 Å². The Morgan fingerprint density at radius 1 is 1.00 bits per heavy atom. The summed E-state index contributed by atoms with van der Waals surface area (Å²) in [5.41, 5.74) is 3.88. The van der Waals surface area contributed by atoms with Gasteiger partial charge in [-0.3, -0.25) is 0 Å². The van der Waals surface area contributed by atoms with E-state index in [1.165, 1.54) is 49.9 Å². The van der Waals surface area contributed by atoms with Crippen LogP contribution in [-0.4, -0.2) is 27.7 Å². The number of nitrogens with one attached hydrogen (secondary N) is 1. The van der Waals surface area contributed by atoms with Gasteiger partial charge in [-0.1, -0.05) is 49.9 Å². The lowest BCUT2D eigenvalue weighted by molar-refractivity contribution is -0.861. The lowest BCUT2D eigenvalue weighted by atomic mass is 10.1. The number of aryl methyl sites for hydroxylation is 1. The van der Waals surface area contributed by atoms with Crippen LogP contribution >= 0.6 is 11.8 Å². The van der Waals surface area contributed by atoms with E-state index in [-0.39, 0.29) is 0 Å². The molecule has 0 bridgehead atoms. The highest BCUT2D eigenvalue weighted by atomic mass is 32.2. The van der Waals surface area contributed by atoms with Crippen molar-refractivity contribution in [2.75, 3.05) is 32.6 Å². The molecule has 3 nitrogen and oxygen atoms in total. The third-order valence-corrected chi connectivity index (χ3v) is 6.25. The van der Waals surface area contributed by atoms with Gasteiger partial charge in [0.1, 0.15) is 0 Å². The van der Waals surface area contributed by atoms with E-state index in [9.17, 15) is 0 Å². The summed E-state index contributed by atoms with van der Waals surface area (Å²) in [6.07, 6.45) is 5.75. The van der Waals surface area contributed by atoms with Gasteiger partial charge in [-0.15, -0.1) is 0 Å². The number of nitrogens with zero attached hydrogens (tertiary/aromatic N) is 2. The molecule has 0 spiro atoms. The minimum atomic E-state index is 1.06. The monoisotopic (exact) mass is 407 g/mol. The van der Waals surface area contributed by atoms with Gasteiger partial charge in [0, 0.05) is 24.1 Å². The third kappa shape index (κ3) is 4.82. The fraction of sp³-hybridized carbons (Fsp3) is 0.320. The minimum absolute atomic E-state index is 1.06. The minimum Gasteiger partial charge on any atom is -0.340 e. The van der Waals surface area contributed by atoms with Crippen LogP contribution in [0, 0.1) is 0 Å². The van der Waals surface area contributed by atoms with E-state index >= 15 is 0 Å². The number of thioether (sulfide) groups is 1. The van der Waals surface area contributed by atoms with Crippen LogP contribution in [0.2, 0.25) is 0 Å². The zero-order valence-electron chi connectivity index (χ0n) is 18.3. The van der Waals surface area contributed by atoms with Gasteiger partial charge < -0.3 is 9.80 Å². The van der Waals surface area contributed by atoms with Gasteiger partial charge in [0.25, 0.3) is 0 Å². The Labute approximate surface area is 179 Å². The molecule has 1 aliphatic rings. The van der Waals surface area contributed by atoms with Gasteiger partial charge in [0.15, 0.2) is 12.7 Å². The number of pyridine rings is 1. The summed E-state index contributed by atoms with van der Waals surface area (Å²) in [5, 5.41) is 2.59. The molecule has 1 aromatic heterocycles. The molecule has 0 unspecified atom stereocenters. The molecular weight excluding hydrogens is 374 g/mol. The van der Waals surface area contributed by atoms with Crippen molar-refractivity contribution in [3.63, 3.8) is 0 Å². The molecule has 0 aliphatic carbocycles. The Kier molecular flexibility index (Phi) is 7.34.